The molecule has 0 aromatic carbocycles. The van der Waals surface area contributed by atoms with Gasteiger partial charge in [-0.25, -0.2) is 15.0 Å². The van der Waals surface area contributed by atoms with Gasteiger partial charge < -0.3 is 29.5 Å². The van der Waals surface area contributed by atoms with Crippen LogP contribution in [-0.2, 0) is 4.74 Å². The third-order valence-electron chi connectivity index (χ3n) is 5.80. The van der Waals surface area contributed by atoms with Crippen molar-refractivity contribution < 1.29 is 20.1 Å². The first-order valence-corrected chi connectivity index (χ1v) is 8.95. The molecule has 1 aliphatic carbocycles. The van der Waals surface area contributed by atoms with Crippen molar-refractivity contribution in [3.05, 3.63) is 12.7 Å². The summed E-state index contributed by atoms with van der Waals surface area (Å²) in [5.41, 5.74) is 0.231. The fraction of sp³-hybridized carbons (Fsp3) is 0.706. The zero-order chi connectivity index (χ0) is 18.5. The number of hydrogen-bond donors (Lipinski definition) is 3. The molecular weight excluding hydrogens is 338 g/mol. The van der Waals surface area contributed by atoms with Gasteiger partial charge in [0.2, 0.25) is 0 Å². The van der Waals surface area contributed by atoms with Crippen LogP contribution in [-0.4, -0.2) is 80.0 Å². The van der Waals surface area contributed by atoms with Crippen LogP contribution in [0.1, 0.15) is 25.3 Å². The molecule has 26 heavy (non-hydrogen) atoms. The average molecular weight is 363 g/mol. The summed E-state index contributed by atoms with van der Waals surface area (Å²) in [4.78, 5) is 14.9. The molecule has 0 unspecified atom stereocenters. The summed E-state index contributed by atoms with van der Waals surface area (Å²) < 4.78 is 7.72. The van der Waals surface area contributed by atoms with E-state index in [-0.39, 0.29) is 19.1 Å². The van der Waals surface area contributed by atoms with Crippen LogP contribution in [0.2, 0.25) is 0 Å². The Labute approximate surface area is 151 Å². The second-order valence-corrected chi connectivity index (χ2v) is 7.47. The number of rotatable bonds is 3. The van der Waals surface area contributed by atoms with Crippen molar-refractivity contribution in [2.24, 2.45) is 5.92 Å². The number of aromatic nitrogens is 4. The lowest BCUT2D eigenvalue weighted by Crippen LogP contribution is -2.60. The second kappa shape index (κ2) is 6.41. The third-order valence-corrected chi connectivity index (χ3v) is 5.80. The minimum Gasteiger partial charge on any atom is -0.396 e. The van der Waals surface area contributed by atoms with Crippen molar-refractivity contribution >= 4 is 17.0 Å². The van der Waals surface area contributed by atoms with E-state index in [1.54, 1.807) is 10.9 Å². The zero-order valence-electron chi connectivity index (χ0n) is 15.0. The van der Waals surface area contributed by atoms with Crippen molar-refractivity contribution in [2.45, 2.75) is 43.1 Å². The smallest absolute Gasteiger partial charge is 0.165 e. The summed E-state index contributed by atoms with van der Waals surface area (Å²) in [7, 11) is 3.76. The minimum absolute atomic E-state index is 0.140. The summed E-state index contributed by atoms with van der Waals surface area (Å²) in [6.07, 6.45) is 3.40. The van der Waals surface area contributed by atoms with Gasteiger partial charge in [-0.05, 0) is 19.3 Å². The SMILES string of the molecule is CN(C)c1ncnc2c1ncn2[C@H]1[C@@H](CO)CO[C@@]2(CCC[C@H]2O)[C@H]1O. The van der Waals surface area contributed by atoms with Gasteiger partial charge in [-0.1, -0.05) is 0 Å². The van der Waals surface area contributed by atoms with Gasteiger partial charge >= 0.3 is 0 Å². The van der Waals surface area contributed by atoms with Crippen molar-refractivity contribution in [1.82, 2.24) is 19.5 Å². The highest BCUT2D eigenvalue weighted by Crippen LogP contribution is 2.46. The standard InChI is InChI=1S/C17H25N5O4/c1-21(2)15-12-16(19-8-18-15)22(9-20-12)13-10(6-23)7-26-17(14(13)25)5-3-4-11(17)24/h8-11,13-14,23-25H,3-7H2,1-2H3/t10-,11+,13-,14-,17+/m0/s1. The quantitative estimate of drug-likeness (QED) is 0.682. The zero-order valence-corrected chi connectivity index (χ0v) is 15.0. The molecule has 2 fully saturated rings. The summed E-state index contributed by atoms with van der Waals surface area (Å²) >= 11 is 0. The summed E-state index contributed by atoms with van der Waals surface area (Å²) in [6, 6.07) is -0.489. The summed E-state index contributed by atoms with van der Waals surface area (Å²) in [6.45, 7) is 0.125. The number of ether oxygens (including phenoxy) is 1. The molecule has 5 atom stereocenters. The lowest BCUT2D eigenvalue weighted by atomic mass is 9.79. The first-order valence-electron chi connectivity index (χ1n) is 8.95. The number of anilines is 1. The van der Waals surface area contributed by atoms with Gasteiger partial charge in [0, 0.05) is 20.0 Å². The van der Waals surface area contributed by atoms with Crippen LogP contribution >= 0.6 is 0 Å². The van der Waals surface area contributed by atoms with Crippen LogP contribution in [0.4, 0.5) is 5.82 Å². The summed E-state index contributed by atoms with van der Waals surface area (Å²) in [5, 5.41) is 31.5. The molecule has 1 saturated heterocycles. The van der Waals surface area contributed by atoms with E-state index in [0.717, 1.165) is 6.42 Å². The highest BCUT2D eigenvalue weighted by Gasteiger charge is 2.56. The largest absolute Gasteiger partial charge is 0.396 e. The Kier molecular flexibility index (Phi) is 4.34. The Hall–Kier alpha value is -1.81. The maximum Gasteiger partial charge on any atom is 0.165 e. The number of nitrogens with zero attached hydrogens (tertiary/aromatic N) is 5. The predicted octanol–water partition coefficient (Wildman–Crippen LogP) is -0.283. The molecule has 0 bridgehead atoms. The van der Waals surface area contributed by atoms with E-state index in [9.17, 15) is 15.3 Å². The van der Waals surface area contributed by atoms with E-state index in [1.165, 1.54) is 6.33 Å². The molecule has 142 valence electrons. The molecule has 1 spiro atoms. The Morgan fingerprint density at radius 3 is 2.77 bits per heavy atom. The molecule has 3 N–H and O–H groups in total. The van der Waals surface area contributed by atoms with Gasteiger partial charge in [0.1, 0.15) is 18.0 Å². The maximum absolute atomic E-state index is 11.2. The van der Waals surface area contributed by atoms with Gasteiger partial charge in [-0.3, -0.25) is 0 Å². The Balaban J connectivity index is 1.81. The molecule has 3 heterocycles. The van der Waals surface area contributed by atoms with E-state index >= 15 is 0 Å². The van der Waals surface area contributed by atoms with Gasteiger partial charge in [0.05, 0.1) is 31.7 Å². The van der Waals surface area contributed by atoms with E-state index in [4.69, 9.17) is 4.74 Å². The van der Waals surface area contributed by atoms with Crippen LogP contribution in [0, 0.1) is 5.92 Å². The highest BCUT2D eigenvalue weighted by molar-refractivity contribution is 5.83. The second-order valence-electron chi connectivity index (χ2n) is 7.47. The number of imidazole rings is 1. The Bertz CT molecular complexity index is 797. The van der Waals surface area contributed by atoms with Gasteiger partial charge in [0.15, 0.2) is 17.0 Å². The molecular formula is C17H25N5O4. The third kappa shape index (κ3) is 2.42. The Morgan fingerprint density at radius 1 is 1.31 bits per heavy atom. The average Bonchev–Trinajstić information content (AvgIpc) is 3.21. The number of aliphatic hydroxyl groups is 3. The fourth-order valence-electron chi connectivity index (χ4n) is 4.41. The molecule has 2 aromatic rings. The van der Waals surface area contributed by atoms with Crippen LogP contribution in [0.15, 0.2) is 12.7 Å². The number of aliphatic hydroxyl groups excluding tert-OH is 3. The molecule has 2 aromatic heterocycles. The first-order chi connectivity index (χ1) is 12.5. The first kappa shape index (κ1) is 17.6. The number of fused-ring (bicyclic) bond motifs is 1. The molecule has 0 radical (unpaired) electrons. The van der Waals surface area contributed by atoms with Gasteiger partial charge in [0.25, 0.3) is 0 Å². The van der Waals surface area contributed by atoms with E-state index in [2.05, 4.69) is 15.0 Å². The maximum atomic E-state index is 11.2. The van der Waals surface area contributed by atoms with Crippen molar-refractivity contribution in [1.29, 1.82) is 0 Å². The molecule has 9 heteroatoms. The highest BCUT2D eigenvalue weighted by atomic mass is 16.5. The minimum atomic E-state index is -0.996. The van der Waals surface area contributed by atoms with Gasteiger partial charge in [-0.15, -0.1) is 0 Å². The number of hydrogen-bond acceptors (Lipinski definition) is 8. The molecule has 2 aliphatic rings. The van der Waals surface area contributed by atoms with E-state index < -0.39 is 23.9 Å². The lowest BCUT2D eigenvalue weighted by Gasteiger charge is -2.48. The van der Waals surface area contributed by atoms with Gasteiger partial charge in [-0.2, -0.15) is 0 Å². The summed E-state index contributed by atoms with van der Waals surface area (Å²) in [5.74, 6) is 0.366. The van der Waals surface area contributed by atoms with Crippen molar-refractivity contribution in [3.63, 3.8) is 0 Å². The van der Waals surface area contributed by atoms with Crippen LogP contribution in [0.5, 0.6) is 0 Å². The van der Waals surface area contributed by atoms with Crippen molar-refractivity contribution in [3.8, 4) is 0 Å². The van der Waals surface area contributed by atoms with Crippen LogP contribution in [0.3, 0.4) is 0 Å². The van der Waals surface area contributed by atoms with E-state index in [0.29, 0.717) is 29.8 Å². The molecule has 4 rings (SSSR count). The predicted molar refractivity (Wildman–Crippen MR) is 93.8 cm³/mol. The Morgan fingerprint density at radius 2 is 2.12 bits per heavy atom. The molecule has 9 nitrogen and oxygen atoms in total. The molecule has 1 saturated carbocycles. The fourth-order valence-corrected chi connectivity index (χ4v) is 4.41. The van der Waals surface area contributed by atoms with E-state index in [1.807, 2.05) is 19.0 Å². The lowest BCUT2D eigenvalue weighted by molar-refractivity contribution is -0.228. The molecule has 0 amide bonds. The topological polar surface area (TPSA) is 117 Å². The van der Waals surface area contributed by atoms with Crippen LogP contribution in [0.25, 0.3) is 11.2 Å². The van der Waals surface area contributed by atoms with Crippen molar-refractivity contribution in [2.75, 3.05) is 32.2 Å². The van der Waals surface area contributed by atoms with Crippen LogP contribution < -0.4 is 4.90 Å². The monoisotopic (exact) mass is 363 g/mol. The molecule has 1 aliphatic heterocycles. The normalized spacial score (nSPS) is 34.7.